The number of ether oxygens (including phenoxy) is 2. The minimum absolute atomic E-state index is 0.00253. The number of nitriles is 2. The second-order valence-electron chi connectivity index (χ2n) is 4.91. The number of hydrogen-bond acceptors (Lipinski definition) is 5. The number of likely N-dealkylation sites (N-methyl/N-ethyl adjacent to an activating group) is 1. The molecule has 0 radical (unpaired) electrons. The molecule has 0 saturated heterocycles. The van der Waals surface area contributed by atoms with Gasteiger partial charge < -0.3 is 14.4 Å². The molecule has 0 spiro atoms. The molecule has 1 amide bonds. The predicted octanol–water partition coefficient (Wildman–Crippen LogP) is 2.37. The van der Waals surface area contributed by atoms with Crippen molar-refractivity contribution in [3.63, 3.8) is 0 Å². The summed E-state index contributed by atoms with van der Waals surface area (Å²) in [4.78, 5) is 13.3. The van der Waals surface area contributed by atoms with Crippen molar-refractivity contribution in [2.75, 3.05) is 20.7 Å². The molecule has 6 nitrogen and oxygen atoms in total. The van der Waals surface area contributed by atoms with Crippen molar-refractivity contribution in [1.82, 2.24) is 4.90 Å². The molecule has 1 rings (SSSR count). The van der Waals surface area contributed by atoms with Gasteiger partial charge in [0.15, 0.2) is 17.6 Å². The minimum atomic E-state index is -0.653. The highest BCUT2D eigenvalue weighted by molar-refractivity contribution is 5.80. The Morgan fingerprint density at radius 1 is 1.30 bits per heavy atom. The highest BCUT2D eigenvalue weighted by Crippen LogP contribution is 2.30. The normalized spacial score (nSPS) is 10.7. The molecule has 0 saturated carbocycles. The first-order chi connectivity index (χ1) is 10.9. The molecule has 1 unspecified atom stereocenters. The van der Waals surface area contributed by atoms with E-state index in [1.807, 2.05) is 6.92 Å². The lowest BCUT2D eigenvalue weighted by atomic mass is 10.1. The van der Waals surface area contributed by atoms with E-state index in [0.29, 0.717) is 23.7 Å². The van der Waals surface area contributed by atoms with Crippen LogP contribution in [0.3, 0.4) is 0 Å². The molecule has 0 bridgehead atoms. The van der Waals surface area contributed by atoms with Gasteiger partial charge in [0.05, 0.1) is 6.61 Å². The Bertz CT molecular complexity index is 665. The van der Waals surface area contributed by atoms with Crippen molar-refractivity contribution in [2.24, 2.45) is 0 Å². The maximum atomic E-state index is 11.9. The smallest absolute Gasteiger partial charge is 0.262 e. The summed E-state index contributed by atoms with van der Waals surface area (Å²) >= 11 is 0. The van der Waals surface area contributed by atoms with E-state index < -0.39 is 6.10 Å². The Labute approximate surface area is 136 Å². The third-order valence-corrected chi connectivity index (χ3v) is 2.91. The predicted molar refractivity (Wildman–Crippen MR) is 85.6 cm³/mol. The van der Waals surface area contributed by atoms with Gasteiger partial charge >= 0.3 is 0 Å². The lowest BCUT2D eigenvalue weighted by Gasteiger charge is -2.20. The Balaban J connectivity index is 3.11. The van der Waals surface area contributed by atoms with Gasteiger partial charge in [-0.05, 0) is 37.6 Å². The molecule has 6 heteroatoms. The van der Waals surface area contributed by atoms with Crippen molar-refractivity contribution in [2.45, 2.75) is 20.0 Å². The fourth-order valence-corrected chi connectivity index (χ4v) is 1.84. The summed E-state index contributed by atoms with van der Waals surface area (Å²) in [7, 11) is 3.32. The van der Waals surface area contributed by atoms with Gasteiger partial charge in [0.2, 0.25) is 0 Å². The van der Waals surface area contributed by atoms with Gasteiger partial charge in [-0.15, -0.1) is 0 Å². The van der Waals surface area contributed by atoms with Crippen LogP contribution in [0, 0.1) is 22.7 Å². The second-order valence-corrected chi connectivity index (χ2v) is 4.91. The van der Waals surface area contributed by atoms with Gasteiger partial charge in [-0.3, -0.25) is 4.79 Å². The summed E-state index contributed by atoms with van der Waals surface area (Å²) in [5, 5.41) is 17.6. The largest absolute Gasteiger partial charge is 0.490 e. The quantitative estimate of drug-likeness (QED) is 0.752. The van der Waals surface area contributed by atoms with Crippen LogP contribution in [-0.4, -0.2) is 37.6 Å². The third-order valence-electron chi connectivity index (χ3n) is 2.91. The molecule has 120 valence electrons. The van der Waals surface area contributed by atoms with Gasteiger partial charge in [0.1, 0.15) is 17.7 Å². The van der Waals surface area contributed by atoms with Crippen molar-refractivity contribution in [1.29, 1.82) is 10.5 Å². The molecule has 1 aromatic carbocycles. The molecule has 0 heterocycles. The van der Waals surface area contributed by atoms with E-state index in [4.69, 9.17) is 20.0 Å². The fraction of sp³-hybridized carbons (Fsp3) is 0.353. The van der Waals surface area contributed by atoms with Crippen molar-refractivity contribution in [3.05, 3.63) is 29.3 Å². The standard InChI is InChI=1S/C17H19N3O3/c1-5-22-16-9-13(8-14(10-18)11-19)6-7-15(16)23-12(2)17(21)20(3)4/h6-9,12H,5H2,1-4H3. The van der Waals surface area contributed by atoms with Crippen molar-refractivity contribution >= 4 is 12.0 Å². The van der Waals surface area contributed by atoms with E-state index in [1.165, 1.54) is 11.0 Å². The Kier molecular flexibility index (Phi) is 6.64. The van der Waals surface area contributed by atoms with Crippen LogP contribution < -0.4 is 9.47 Å². The number of nitrogens with zero attached hydrogens (tertiary/aromatic N) is 3. The van der Waals surface area contributed by atoms with E-state index in [2.05, 4.69) is 0 Å². The van der Waals surface area contributed by atoms with Crippen molar-refractivity contribution < 1.29 is 14.3 Å². The van der Waals surface area contributed by atoms with E-state index >= 15 is 0 Å². The van der Waals surface area contributed by atoms with Crippen molar-refractivity contribution in [3.8, 4) is 23.6 Å². The first-order valence-corrected chi connectivity index (χ1v) is 7.09. The Morgan fingerprint density at radius 3 is 2.48 bits per heavy atom. The first kappa shape index (κ1) is 18.1. The van der Waals surface area contributed by atoms with Crippen LogP contribution in [0.5, 0.6) is 11.5 Å². The summed E-state index contributed by atoms with van der Waals surface area (Å²) in [6.45, 7) is 3.91. The Hall–Kier alpha value is -2.99. The molecule has 23 heavy (non-hydrogen) atoms. The molecule has 0 N–H and O–H groups in total. The van der Waals surface area contributed by atoms with E-state index in [0.717, 1.165) is 0 Å². The SMILES string of the molecule is CCOc1cc(C=C(C#N)C#N)ccc1OC(C)C(=O)N(C)C. The zero-order valence-electron chi connectivity index (χ0n) is 13.7. The van der Waals surface area contributed by atoms with Crippen LogP contribution in [0.15, 0.2) is 23.8 Å². The topological polar surface area (TPSA) is 86.3 Å². The fourth-order valence-electron chi connectivity index (χ4n) is 1.84. The summed E-state index contributed by atoms with van der Waals surface area (Å²) in [6, 6.07) is 8.62. The summed E-state index contributed by atoms with van der Waals surface area (Å²) < 4.78 is 11.2. The average molecular weight is 313 g/mol. The zero-order chi connectivity index (χ0) is 17.4. The summed E-state index contributed by atoms with van der Waals surface area (Å²) in [6.07, 6.45) is 0.806. The van der Waals surface area contributed by atoms with Crippen LogP contribution in [-0.2, 0) is 4.79 Å². The molecule has 0 aliphatic carbocycles. The second kappa shape index (κ2) is 8.45. The molecule has 0 aliphatic rings. The number of carbonyl (C=O) groups is 1. The average Bonchev–Trinajstić information content (AvgIpc) is 2.54. The highest BCUT2D eigenvalue weighted by Gasteiger charge is 2.18. The van der Waals surface area contributed by atoms with Crippen LogP contribution >= 0.6 is 0 Å². The number of amides is 1. The Morgan fingerprint density at radius 2 is 1.96 bits per heavy atom. The van der Waals surface area contributed by atoms with Gasteiger partial charge in [0.25, 0.3) is 5.91 Å². The first-order valence-electron chi connectivity index (χ1n) is 7.09. The number of carbonyl (C=O) groups excluding carboxylic acids is 1. The van der Waals surface area contributed by atoms with E-state index in [9.17, 15) is 4.79 Å². The molecule has 1 atom stereocenters. The maximum absolute atomic E-state index is 11.9. The number of benzene rings is 1. The molecule has 0 aliphatic heterocycles. The monoisotopic (exact) mass is 313 g/mol. The zero-order valence-corrected chi connectivity index (χ0v) is 13.7. The lowest BCUT2D eigenvalue weighted by molar-refractivity contribution is -0.135. The van der Waals surface area contributed by atoms with Gasteiger partial charge in [0, 0.05) is 14.1 Å². The van der Waals surface area contributed by atoms with Crippen LogP contribution in [0.2, 0.25) is 0 Å². The highest BCUT2D eigenvalue weighted by atomic mass is 16.5. The summed E-state index contributed by atoms with van der Waals surface area (Å²) in [5.74, 6) is 0.727. The van der Waals surface area contributed by atoms with Gasteiger partial charge in [-0.25, -0.2) is 0 Å². The minimum Gasteiger partial charge on any atom is -0.490 e. The van der Waals surface area contributed by atoms with Crippen LogP contribution in [0.25, 0.3) is 6.08 Å². The molecule has 0 aromatic heterocycles. The molecular formula is C17H19N3O3. The summed E-state index contributed by atoms with van der Waals surface area (Å²) in [5.41, 5.74) is 0.641. The van der Waals surface area contributed by atoms with Crippen LogP contribution in [0.1, 0.15) is 19.4 Å². The lowest BCUT2D eigenvalue weighted by Crippen LogP contribution is -2.35. The molecular weight excluding hydrogens is 294 g/mol. The number of allylic oxidation sites excluding steroid dienone is 1. The van der Waals surface area contributed by atoms with Crippen LogP contribution in [0.4, 0.5) is 0 Å². The maximum Gasteiger partial charge on any atom is 0.262 e. The third kappa shape index (κ3) is 5.05. The van der Waals surface area contributed by atoms with Gasteiger partial charge in [-0.1, -0.05) is 6.07 Å². The number of hydrogen-bond donors (Lipinski definition) is 0. The molecule has 0 fully saturated rings. The van der Waals surface area contributed by atoms with E-state index in [1.54, 1.807) is 51.4 Å². The van der Waals surface area contributed by atoms with E-state index in [-0.39, 0.29) is 11.5 Å². The number of rotatable bonds is 6. The molecule has 1 aromatic rings. The van der Waals surface area contributed by atoms with Gasteiger partial charge in [-0.2, -0.15) is 10.5 Å².